The van der Waals surface area contributed by atoms with Gasteiger partial charge in [-0.2, -0.15) is 0 Å². The first-order valence-electron chi connectivity index (χ1n) is 3.55. The highest BCUT2D eigenvalue weighted by molar-refractivity contribution is 7.92. The van der Waals surface area contributed by atoms with E-state index in [1.807, 2.05) is 0 Å². The van der Waals surface area contributed by atoms with Crippen LogP contribution in [-0.4, -0.2) is 21.1 Å². The Kier molecular flexibility index (Phi) is 2.67. The van der Waals surface area contributed by atoms with E-state index in [9.17, 15) is 13.2 Å². The van der Waals surface area contributed by atoms with E-state index >= 15 is 0 Å². The van der Waals surface area contributed by atoms with Crippen LogP contribution in [0.4, 0.5) is 5.69 Å². The van der Waals surface area contributed by atoms with Crippen molar-refractivity contribution in [3.63, 3.8) is 0 Å². The molecule has 0 spiro atoms. The van der Waals surface area contributed by atoms with Gasteiger partial charge in [-0.3, -0.25) is 4.79 Å². The number of carbonyl (C=O) groups is 1. The molecule has 13 heavy (non-hydrogen) atoms. The number of para-hydroxylation sites is 1. The number of hydrogen-bond acceptors (Lipinski definition) is 3. The number of benzene rings is 1. The molecule has 0 saturated heterocycles. The first-order valence-corrected chi connectivity index (χ1v) is 5.40. The van der Waals surface area contributed by atoms with Crippen molar-refractivity contribution in [3.8, 4) is 0 Å². The zero-order valence-corrected chi connectivity index (χ0v) is 7.86. The zero-order valence-electron chi connectivity index (χ0n) is 7.04. The number of sulfonamides is 1. The monoisotopic (exact) mass is 199 g/mol. The third-order valence-electron chi connectivity index (χ3n) is 1.46. The highest BCUT2D eigenvalue weighted by Gasteiger charge is 2.15. The highest BCUT2D eigenvalue weighted by Crippen LogP contribution is 2.13. The van der Waals surface area contributed by atoms with Crippen LogP contribution in [0.1, 0.15) is 0 Å². The van der Waals surface area contributed by atoms with Gasteiger partial charge in [-0.25, -0.2) is 12.7 Å². The Labute approximate surface area is 76.8 Å². The van der Waals surface area contributed by atoms with Crippen LogP contribution in [0.5, 0.6) is 0 Å². The lowest BCUT2D eigenvalue weighted by atomic mass is 10.3. The molecule has 0 N–H and O–H groups in total. The summed E-state index contributed by atoms with van der Waals surface area (Å²) in [5, 5.41) is 0. The number of rotatable bonds is 3. The second-order valence-electron chi connectivity index (χ2n) is 2.50. The summed E-state index contributed by atoms with van der Waals surface area (Å²) in [4.78, 5) is 10.5. The van der Waals surface area contributed by atoms with Gasteiger partial charge >= 0.3 is 0 Å². The van der Waals surface area contributed by atoms with E-state index < -0.39 is 10.0 Å². The highest BCUT2D eigenvalue weighted by atomic mass is 32.2. The molecule has 1 aromatic carbocycles. The van der Waals surface area contributed by atoms with Gasteiger partial charge in [0.2, 0.25) is 16.4 Å². The molecule has 0 fully saturated rings. The van der Waals surface area contributed by atoms with Gasteiger partial charge in [-0.05, 0) is 12.1 Å². The predicted octanol–water partition coefficient (Wildman–Crippen LogP) is 0.609. The van der Waals surface area contributed by atoms with Gasteiger partial charge in [0.15, 0.2) is 0 Å². The van der Waals surface area contributed by atoms with Crippen molar-refractivity contribution in [1.29, 1.82) is 0 Å². The van der Waals surface area contributed by atoms with Gasteiger partial charge in [0.1, 0.15) is 0 Å². The molecule has 1 amide bonds. The fourth-order valence-electron chi connectivity index (χ4n) is 0.905. The van der Waals surface area contributed by atoms with Crippen molar-refractivity contribution < 1.29 is 13.2 Å². The van der Waals surface area contributed by atoms with Gasteiger partial charge in [0, 0.05) is 0 Å². The van der Waals surface area contributed by atoms with Crippen molar-refractivity contribution in [2.75, 3.05) is 10.6 Å². The number of amides is 1. The summed E-state index contributed by atoms with van der Waals surface area (Å²) >= 11 is 0. The Morgan fingerprint density at radius 2 is 1.77 bits per heavy atom. The maximum absolute atomic E-state index is 11.1. The molecule has 0 radical (unpaired) electrons. The standard InChI is InChI=1S/C8H9NO3S/c1-13(11,12)9(7-10)8-5-3-2-4-6-8/h2-7H,1H3. The molecule has 0 atom stereocenters. The Morgan fingerprint density at radius 1 is 1.23 bits per heavy atom. The van der Waals surface area contributed by atoms with Gasteiger partial charge < -0.3 is 0 Å². The van der Waals surface area contributed by atoms with Gasteiger partial charge in [-0.15, -0.1) is 0 Å². The molecule has 0 aliphatic heterocycles. The number of carbonyl (C=O) groups excluding carboxylic acids is 1. The second kappa shape index (κ2) is 3.57. The lowest BCUT2D eigenvalue weighted by Gasteiger charge is -2.13. The molecule has 0 saturated carbocycles. The molecule has 0 aliphatic carbocycles. The number of anilines is 1. The van der Waals surface area contributed by atoms with E-state index in [4.69, 9.17) is 0 Å². The minimum atomic E-state index is -3.50. The quantitative estimate of drug-likeness (QED) is 0.670. The summed E-state index contributed by atoms with van der Waals surface area (Å²) in [6.45, 7) is 0. The Morgan fingerprint density at radius 3 is 2.15 bits per heavy atom. The van der Waals surface area contributed by atoms with E-state index in [1.165, 1.54) is 0 Å². The Balaban J connectivity index is 3.13. The van der Waals surface area contributed by atoms with Crippen LogP contribution >= 0.6 is 0 Å². The molecule has 4 nitrogen and oxygen atoms in total. The summed E-state index contributed by atoms with van der Waals surface area (Å²) in [7, 11) is -3.50. The van der Waals surface area contributed by atoms with Gasteiger partial charge in [0.25, 0.3) is 0 Å². The molecular weight excluding hydrogens is 190 g/mol. The van der Waals surface area contributed by atoms with Gasteiger partial charge in [0.05, 0.1) is 11.9 Å². The summed E-state index contributed by atoms with van der Waals surface area (Å²) in [5.41, 5.74) is 0.347. The molecule has 0 heterocycles. The average Bonchev–Trinajstić information content (AvgIpc) is 2.05. The lowest BCUT2D eigenvalue weighted by molar-refractivity contribution is -0.106. The fourth-order valence-corrected chi connectivity index (χ4v) is 1.57. The Hall–Kier alpha value is -1.36. The minimum absolute atomic E-state index is 0.282. The average molecular weight is 199 g/mol. The summed E-state index contributed by atoms with van der Waals surface area (Å²) in [6, 6.07) is 8.17. The van der Waals surface area contributed by atoms with Crippen LogP contribution < -0.4 is 4.31 Å². The van der Waals surface area contributed by atoms with E-state index in [0.717, 1.165) is 6.26 Å². The second-order valence-corrected chi connectivity index (χ2v) is 4.36. The lowest BCUT2D eigenvalue weighted by Crippen LogP contribution is -2.27. The SMILES string of the molecule is CS(=O)(=O)N(C=O)c1ccccc1. The predicted molar refractivity (Wildman–Crippen MR) is 49.8 cm³/mol. The molecular formula is C8H9NO3S. The largest absolute Gasteiger partial charge is 0.277 e. The summed E-state index contributed by atoms with van der Waals surface area (Å²) in [6.07, 6.45) is 1.26. The van der Waals surface area contributed by atoms with Crippen molar-refractivity contribution in [1.82, 2.24) is 0 Å². The van der Waals surface area contributed by atoms with Crippen LogP contribution in [-0.2, 0) is 14.8 Å². The zero-order chi connectivity index (χ0) is 9.90. The topological polar surface area (TPSA) is 54.5 Å². The summed E-state index contributed by atoms with van der Waals surface area (Å²) in [5.74, 6) is 0. The van der Waals surface area contributed by atoms with Crippen LogP contribution in [0.3, 0.4) is 0 Å². The fraction of sp³-hybridized carbons (Fsp3) is 0.125. The Bertz CT molecular complexity index is 385. The minimum Gasteiger partial charge on any atom is -0.277 e. The van der Waals surface area contributed by atoms with E-state index in [0.29, 0.717) is 9.99 Å². The first kappa shape index (κ1) is 9.73. The van der Waals surface area contributed by atoms with Crippen molar-refractivity contribution >= 4 is 22.1 Å². The molecule has 5 heteroatoms. The molecule has 0 aliphatic rings. The maximum atomic E-state index is 11.1. The molecule has 1 rings (SSSR count). The molecule has 0 aromatic heterocycles. The van der Waals surface area contributed by atoms with E-state index in [2.05, 4.69) is 0 Å². The van der Waals surface area contributed by atoms with Crippen LogP contribution in [0.15, 0.2) is 30.3 Å². The molecule has 0 unspecified atom stereocenters. The van der Waals surface area contributed by atoms with Crippen molar-refractivity contribution in [2.24, 2.45) is 0 Å². The van der Waals surface area contributed by atoms with Crippen LogP contribution in [0.2, 0.25) is 0 Å². The summed E-state index contributed by atoms with van der Waals surface area (Å²) < 4.78 is 22.8. The van der Waals surface area contributed by atoms with Crippen LogP contribution in [0, 0.1) is 0 Å². The van der Waals surface area contributed by atoms with Crippen molar-refractivity contribution in [3.05, 3.63) is 30.3 Å². The first-order chi connectivity index (χ1) is 6.05. The normalized spacial score (nSPS) is 10.8. The third kappa shape index (κ3) is 2.29. The number of nitrogens with zero attached hydrogens (tertiary/aromatic N) is 1. The van der Waals surface area contributed by atoms with E-state index in [1.54, 1.807) is 30.3 Å². The van der Waals surface area contributed by atoms with Crippen molar-refractivity contribution in [2.45, 2.75) is 0 Å². The number of hydrogen-bond donors (Lipinski definition) is 0. The maximum Gasteiger partial charge on any atom is 0.238 e. The third-order valence-corrected chi connectivity index (χ3v) is 2.48. The molecule has 0 bridgehead atoms. The molecule has 70 valence electrons. The van der Waals surface area contributed by atoms with Crippen LogP contribution in [0.25, 0.3) is 0 Å². The molecule has 1 aromatic rings. The smallest absolute Gasteiger partial charge is 0.238 e. The van der Waals surface area contributed by atoms with Gasteiger partial charge in [-0.1, -0.05) is 18.2 Å². The van der Waals surface area contributed by atoms with E-state index in [-0.39, 0.29) is 6.41 Å².